The highest BCUT2D eigenvalue weighted by molar-refractivity contribution is 5.97. The fourth-order valence-corrected chi connectivity index (χ4v) is 5.35. The zero-order chi connectivity index (χ0) is 22.3. The number of ether oxygens (including phenoxy) is 2. The lowest BCUT2D eigenvalue weighted by Crippen LogP contribution is -2.48. The van der Waals surface area contributed by atoms with Gasteiger partial charge in [0.1, 0.15) is 18.0 Å². The van der Waals surface area contributed by atoms with E-state index in [4.69, 9.17) is 9.47 Å². The second-order valence-corrected chi connectivity index (χ2v) is 10.1. The van der Waals surface area contributed by atoms with E-state index < -0.39 is 5.60 Å². The van der Waals surface area contributed by atoms with Gasteiger partial charge in [0, 0.05) is 31.9 Å². The van der Waals surface area contributed by atoms with Crippen molar-refractivity contribution in [2.45, 2.75) is 71.8 Å². The lowest BCUT2D eigenvalue weighted by molar-refractivity contribution is -0.148. The quantitative estimate of drug-likeness (QED) is 0.573. The van der Waals surface area contributed by atoms with E-state index in [1.807, 2.05) is 24.3 Å². The summed E-state index contributed by atoms with van der Waals surface area (Å²) in [5, 5.41) is 3.10. The first-order chi connectivity index (χ1) is 14.9. The third kappa shape index (κ3) is 6.95. The highest BCUT2D eigenvalue weighted by Crippen LogP contribution is 2.36. The average molecular weight is 431 g/mol. The molecule has 1 saturated heterocycles. The summed E-state index contributed by atoms with van der Waals surface area (Å²) >= 11 is 0. The Hall–Kier alpha value is -1.59. The van der Waals surface area contributed by atoms with E-state index in [0.717, 1.165) is 55.5 Å². The number of likely N-dealkylation sites (tertiary alicyclic amines) is 1. The van der Waals surface area contributed by atoms with E-state index in [0.29, 0.717) is 19.1 Å². The van der Waals surface area contributed by atoms with Gasteiger partial charge in [-0.05, 0) is 74.1 Å². The molecule has 1 aromatic carbocycles. The summed E-state index contributed by atoms with van der Waals surface area (Å²) in [5.41, 5.74) is 0.111. The fraction of sp³-hybridized carbons (Fsp3) is 0.731. The Balaban J connectivity index is 1.50. The summed E-state index contributed by atoms with van der Waals surface area (Å²) in [6, 6.07) is 7.75. The van der Waals surface area contributed by atoms with E-state index in [9.17, 15) is 4.79 Å². The molecular formula is C26H42N2O3. The second-order valence-electron chi connectivity index (χ2n) is 10.1. The number of hydrogen-bond acceptors (Lipinski definition) is 4. The number of nitrogens with one attached hydrogen (secondary N) is 1. The SMILES string of the molecule is CCCO[C@]1(C(=O)Nc2ccc(OCCN3C[C@H](C)C[C@@H](C)C3)cc2)CCC[C@H](C)C1. The molecule has 0 bridgehead atoms. The van der Waals surface area contributed by atoms with Crippen molar-refractivity contribution < 1.29 is 14.3 Å². The second kappa shape index (κ2) is 11.3. The molecule has 1 saturated carbocycles. The zero-order valence-electron chi connectivity index (χ0n) is 20.0. The minimum atomic E-state index is -0.689. The molecule has 2 fully saturated rings. The molecule has 2 aliphatic rings. The van der Waals surface area contributed by atoms with Gasteiger partial charge in [-0.2, -0.15) is 0 Å². The molecule has 0 spiro atoms. The number of piperidine rings is 1. The zero-order valence-corrected chi connectivity index (χ0v) is 20.0. The van der Waals surface area contributed by atoms with Crippen molar-refractivity contribution in [2.75, 3.05) is 38.2 Å². The monoisotopic (exact) mass is 430 g/mol. The van der Waals surface area contributed by atoms with E-state index in [-0.39, 0.29) is 5.91 Å². The van der Waals surface area contributed by atoms with Crippen molar-refractivity contribution in [1.29, 1.82) is 0 Å². The van der Waals surface area contributed by atoms with Crippen molar-refractivity contribution in [1.82, 2.24) is 4.90 Å². The third-order valence-electron chi connectivity index (χ3n) is 6.68. The van der Waals surface area contributed by atoms with Gasteiger partial charge < -0.3 is 14.8 Å². The summed E-state index contributed by atoms with van der Waals surface area (Å²) in [6.07, 6.45) is 6.07. The van der Waals surface area contributed by atoms with Crippen LogP contribution in [0.15, 0.2) is 24.3 Å². The minimum absolute atomic E-state index is 0.00509. The van der Waals surface area contributed by atoms with Gasteiger partial charge in [0.25, 0.3) is 5.91 Å². The van der Waals surface area contributed by atoms with E-state index in [1.165, 1.54) is 25.9 Å². The van der Waals surface area contributed by atoms with Crippen LogP contribution < -0.4 is 10.1 Å². The summed E-state index contributed by atoms with van der Waals surface area (Å²) in [6.45, 7) is 13.6. The molecular weight excluding hydrogens is 388 g/mol. The molecule has 1 amide bonds. The van der Waals surface area contributed by atoms with Crippen molar-refractivity contribution >= 4 is 11.6 Å². The Kier molecular flexibility index (Phi) is 8.79. The van der Waals surface area contributed by atoms with Crippen LogP contribution in [0.25, 0.3) is 0 Å². The molecule has 1 N–H and O–H groups in total. The summed E-state index contributed by atoms with van der Waals surface area (Å²) in [5.74, 6) is 2.89. The van der Waals surface area contributed by atoms with Crippen molar-refractivity contribution in [3.05, 3.63) is 24.3 Å². The summed E-state index contributed by atoms with van der Waals surface area (Å²) in [7, 11) is 0. The topological polar surface area (TPSA) is 50.8 Å². The van der Waals surface area contributed by atoms with Crippen LogP contribution in [0.4, 0.5) is 5.69 Å². The van der Waals surface area contributed by atoms with Crippen LogP contribution >= 0.6 is 0 Å². The van der Waals surface area contributed by atoms with Crippen LogP contribution in [0, 0.1) is 17.8 Å². The predicted octanol–water partition coefficient (Wildman–Crippen LogP) is 5.36. The molecule has 1 aliphatic carbocycles. The summed E-state index contributed by atoms with van der Waals surface area (Å²) < 4.78 is 12.1. The van der Waals surface area contributed by atoms with Crippen LogP contribution in [-0.4, -0.2) is 49.3 Å². The van der Waals surface area contributed by atoms with Gasteiger partial charge in [-0.15, -0.1) is 0 Å². The molecule has 174 valence electrons. The average Bonchev–Trinajstić information content (AvgIpc) is 2.73. The first-order valence-electron chi connectivity index (χ1n) is 12.3. The van der Waals surface area contributed by atoms with Gasteiger partial charge in [0.05, 0.1) is 0 Å². The molecule has 5 nitrogen and oxygen atoms in total. The number of nitrogens with zero attached hydrogens (tertiary/aromatic N) is 1. The van der Waals surface area contributed by atoms with Gasteiger partial charge in [-0.1, -0.05) is 34.1 Å². The van der Waals surface area contributed by atoms with Crippen LogP contribution in [0.2, 0.25) is 0 Å². The van der Waals surface area contributed by atoms with Gasteiger partial charge in [0.2, 0.25) is 0 Å². The number of carbonyl (C=O) groups excluding carboxylic acids is 1. The van der Waals surface area contributed by atoms with E-state index in [2.05, 4.69) is 37.9 Å². The Morgan fingerprint density at radius 1 is 1.10 bits per heavy atom. The standard InChI is InChI=1S/C26H42N2O3/c1-5-14-31-26(12-6-7-20(2)17-26)25(29)27-23-8-10-24(11-9-23)30-15-13-28-18-21(3)16-22(4)19-28/h8-11,20-22H,5-7,12-19H2,1-4H3,(H,27,29)/t20-,21+,22+,26+/m0/s1. The number of carbonyl (C=O) groups is 1. The molecule has 1 heterocycles. The van der Waals surface area contributed by atoms with Crippen LogP contribution in [0.3, 0.4) is 0 Å². The molecule has 0 aromatic heterocycles. The van der Waals surface area contributed by atoms with Crippen LogP contribution in [0.5, 0.6) is 5.75 Å². The molecule has 31 heavy (non-hydrogen) atoms. The lowest BCUT2D eigenvalue weighted by atomic mass is 9.78. The van der Waals surface area contributed by atoms with Gasteiger partial charge >= 0.3 is 0 Å². The van der Waals surface area contributed by atoms with E-state index in [1.54, 1.807) is 0 Å². The maximum Gasteiger partial charge on any atom is 0.256 e. The maximum atomic E-state index is 13.2. The van der Waals surface area contributed by atoms with Crippen LogP contribution in [-0.2, 0) is 9.53 Å². The van der Waals surface area contributed by atoms with Gasteiger partial charge in [-0.25, -0.2) is 0 Å². The first-order valence-corrected chi connectivity index (χ1v) is 12.3. The first kappa shape index (κ1) is 24.1. The predicted molar refractivity (Wildman–Crippen MR) is 127 cm³/mol. The Morgan fingerprint density at radius 3 is 2.45 bits per heavy atom. The van der Waals surface area contributed by atoms with Crippen LogP contribution in [0.1, 0.15) is 66.2 Å². The minimum Gasteiger partial charge on any atom is -0.492 e. The highest BCUT2D eigenvalue weighted by atomic mass is 16.5. The smallest absolute Gasteiger partial charge is 0.256 e. The fourth-order valence-electron chi connectivity index (χ4n) is 5.35. The molecule has 0 unspecified atom stereocenters. The number of amides is 1. The largest absolute Gasteiger partial charge is 0.492 e. The Labute approximate surface area is 188 Å². The van der Waals surface area contributed by atoms with E-state index >= 15 is 0 Å². The molecule has 5 heteroatoms. The molecule has 1 aromatic rings. The number of hydrogen-bond donors (Lipinski definition) is 1. The molecule has 3 rings (SSSR count). The van der Waals surface area contributed by atoms with Gasteiger partial charge in [0.15, 0.2) is 0 Å². The molecule has 0 radical (unpaired) electrons. The third-order valence-corrected chi connectivity index (χ3v) is 6.68. The Morgan fingerprint density at radius 2 is 1.81 bits per heavy atom. The lowest BCUT2D eigenvalue weighted by Gasteiger charge is -2.38. The van der Waals surface area contributed by atoms with Crippen molar-refractivity contribution in [3.63, 3.8) is 0 Å². The number of anilines is 1. The Bertz CT molecular complexity index is 682. The normalized spacial score (nSPS) is 29.5. The summed E-state index contributed by atoms with van der Waals surface area (Å²) in [4.78, 5) is 15.7. The van der Waals surface area contributed by atoms with Crippen molar-refractivity contribution in [2.24, 2.45) is 17.8 Å². The number of benzene rings is 1. The number of rotatable bonds is 9. The van der Waals surface area contributed by atoms with Crippen molar-refractivity contribution in [3.8, 4) is 5.75 Å². The molecule has 1 aliphatic heterocycles. The maximum absolute atomic E-state index is 13.2. The molecule has 4 atom stereocenters. The van der Waals surface area contributed by atoms with Gasteiger partial charge in [-0.3, -0.25) is 9.69 Å². The highest BCUT2D eigenvalue weighted by Gasteiger charge is 2.42.